The van der Waals surface area contributed by atoms with Gasteiger partial charge in [-0.3, -0.25) is 14.4 Å². The largest absolute Gasteiger partial charge is 0.491 e. The average Bonchev–Trinajstić information content (AvgIpc) is 3.86. The number of hydrogen-bond acceptors (Lipinski definition) is 12. The predicted octanol–water partition coefficient (Wildman–Crippen LogP) is 6.98. The minimum absolute atomic E-state index is 0.00865. The van der Waals surface area contributed by atoms with Crippen molar-refractivity contribution in [3.8, 4) is 40.1 Å². The van der Waals surface area contributed by atoms with Crippen LogP contribution in [-0.4, -0.2) is 81.1 Å². The predicted molar refractivity (Wildman–Crippen MR) is 241 cm³/mol. The molecular formula is C48H39ClF2N6O8S. The number of ether oxygens (including phenoxy) is 3. The maximum absolute atomic E-state index is 16.2. The molecule has 14 nitrogen and oxygen atoms in total. The van der Waals surface area contributed by atoms with Crippen LogP contribution in [0.2, 0.25) is 5.02 Å². The van der Waals surface area contributed by atoms with Gasteiger partial charge in [-0.05, 0) is 60.4 Å². The maximum atomic E-state index is 16.2. The van der Waals surface area contributed by atoms with Crippen molar-refractivity contribution in [3.05, 3.63) is 115 Å². The van der Waals surface area contributed by atoms with Gasteiger partial charge in [0.15, 0.2) is 11.4 Å². The Kier molecular flexibility index (Phi) is 10.4. The van der Waals surface area contributed by atoms with Crippen molar-refractivity contribution in [1.29, 1.82) is 5.26 Å². The third-order valence-corrected chi connectivity index (χ3v) is 14.6. The summed E-state index contributed by atoms with van der Waals surface area (Å²) in [4.78, 5) is 62.4. The van der Waals surface area contributed by atoms with E-state index in [4.69, 9.17) is 36.5 Å². The number of carbonyl (C=O) groups excluding carboxylic acids is 3. The number of aryl methyl sites for hydroxylation is 1. The second-order valence-corrected chi connectivity index (χ2v) is 18.1. The number of nitriles is 1. The fourth-order valence-corrected chi connectivity index (χ4v) is 11.1. The van der Waals surface area contributed by atoms with Gasteiger partial charge >= 0.3 is 5.97 Å². The Morgan fingerprint density at radius 2 is 1.91 bits per heavy atom. The highest BCUT2D eigenvalue weighted by atomic mass is 35.5. The van der Waals surface area contributed by atoms with Crippen LogP contribution in [0.1, 0.15) is 64.9 Å². The summed E-state index contributed by atoms with van der Waals surface area (Å²) in [5, 5.41) is 21.9. The average molecular weight is 933 g/mol. The van der Waals surface area contributed by atoms with Crippen LogP contribution in [0.25, 0.3) is 43.5 Å². The highest BCUT2D eigenvalue weighted by Gasteiger charge is 2.46. The van der Waals surface area contributed by atoms with Crippen molar-refractivity contribution in [3.63, 3.8) is 0 Å². The van der Waals surface area contributed by atoms with E-state index in [1.54, 1.807) is 39.5 Å². The number of nitrogens with zero attached hydrogens (tertiary/aromatic N) is 5. The summed E-state index contributed by atoms with van der Waals surface area (Å²) in [7, 11) is 0. The fourth-order valence-electron chi connectivity index (χ4n) is 9.75. The number of aliphatic hydroxyl groups is 1. The van der Waals surface area contributed by atoms with Crippen LogP contribution in [0, 0.1) is 23.0 Å². The van der Waals surface area contributed by atoms with E-state index < -0.39 is 35.2 Å². The molecule has 6 aromatic rings. The highest BCUT2D eigenvalue weighted by Crippen LogP contribution is 2.48. The second kappa shape index (κ2) is 15.9. The van der Waals surface area contributed by atoms with Gasteiger partial charge in [-0.1, -0.05) is 38.1 Å². The van der Waals surface area contributed by atoms with Crippen LogP contribution in [0.5, 0.6) is 11.5 Å². The number of aromatic nitrogens is 2. The molecule has 2 atom stereocenters. The minimum Gasteiger partial charge on any atom is -0.491 e. The molecule has 10 rings (SSSR count). The van der Waals surface area contributed by atoms with E-state index in [9.17, 15) is 33.9 Å². The van der Waals surface area contributed by atoms with Gasteiger partial charge in [0.2, 0.25) is 0 Å². The first-order valence-corrected chi connectivity index (χ1v) is 22.5. The zero-order valence-electron chi connectivity index (χ0n) is 35.6. The molecule has 2 amide bonds. The summed E-state index contributed by atoms with van der Waals surface area (Å²) in [6, 6.07) is 12.0. The number of anilines is 1. The molecule has 18 heteroatoms. The van der Waals surface area contributed by atoms with E-state index in [1.165, 1.54) is 6.07 Å². The molecule has 4 aliphatic rings. The third-order valence-electron chi connectivity index (χ3n) is 13.2. The van der Waals surface area contributed by atoms with Crippen molar-refractivity contribution in [2.24, 2.45) is 0 Å². The minimum atomic E-state index is -1.93. The van der Waals surface area contributed by atoms with Crippen molar-refractivity contribution in [2.45, 2.75) is 57.9 Å². The molecule has 0 spiro atoms. The Morgan fingerprint density at radius 3 is 2.67 bits per heavy atom. The lowest BCUT2D eigenvalue weighted by Crippen LogP contribution is -2.57. The number of benzene rings is 3. The maximum Gasteiger partial charge on any atom is 0.343 e. The zero-order chi connectivity index (χ0) is 46.5. The van der Waals surface area contributed by atoms with E-state index in [0.717, 1.165) is 40.0 Å². The first kappa shape index (κ1) is 43.0. The number of carbonyl (C=O) groups is 3. The van der Waals surface area contributed by atoms with Gasteiger partial charge in [-0.2, -0.15) is 5.26 Å². The summed E-state index contributed by atoms with van der Waals surface area (Å²) in [6.07, 6.45) is 0.951. The number of pyridine rings is 2. The first-order chi connectivity index (χ1) is 31.7. The number of piperazine rings is 1. The number of thiophene rings is 1. The highest BCUT2D eigenvalue weighted by molar-refractivity contribution is 7.23. The van der Waals surface area contributed by atoms with Gasteiger partial charge in [0.25, 0.3) is 17.4 Å². The molecule has 3 N–H and O–H groups in total. The smallest absolute Gasteiger partial charge is 0.343 e. The number of amides is 2. The molecule has 4 aliphatic heterocycles. The van der Waals surface area contributed by atoms with Crippen molar-refractivity contribution < 1.29 is 42.5 Å². The SMILES string of the molecule is C=C(COc1ccc2nc3c(c(CC)c2c1)Cn1c-3cc2c(c1=O)COC(=O)C2(O)CC)C(=O)N1CCN2C(=O)c3cc(F)c(-c4ccc(F)c5sc(N)c(C#N)c45)c(Cl)c3OCCC2C1. The number of rotatable bonds is 7. The van der Waals surface area contributed by atoms with Crippen LogP contribution >= 0.6 is 22.9 Å². The van der Waals surface area contributed by atoms with Crippen molar-refractivity contribution in [1.82, 2.24) is 19.4 Å². The van der Waals surface area contributed by atoms with Gasteiger partial charge in [0.05, 0.1) is 62.5 Å². The van der Waals surface area contributed by atoms with Crippen LogP contribution in [-0.2, 0) is 39.5 Å². The number of cyclic esters (lactones) is 1. The van der Waals surface area contributed by atoms with Gasteiger partial charge in [-0.15, -0.1) is 11.3 Å². The molecule has 3 aromatic heterocycles. The molecule has 1 fully saturated rings. The van der Waals surface area contributed by atoms with Gasteiger partial charge < -0.3 is 39.4 Å². The Hall–Kier alpha value is -6.87. The number of hydrogen-bond donors (Lipinski definition) is 2. The number of halogens is 3. The standard InChI is InChI=1S/C48H39ClF2N6O8S/c1-4-25-27-14-24(6-9-35(27)54-40-30(25)19-57-36(40)16-32-31(46(57)60)21-65-47(61)48(32,62)5-2)64-20-22(3)44(58)55-11-12-56-23(18-55)10-13-63-41-28(45(56)59)15-34(51)38(39(41)49)26-7-8-33(50)42-37(26)29(17-52)43(53)66-42/h6-9,14-16,23,62H,3-5,10-13,18-21,53H2,1-2H3. The second-order valence-electron chi connectivity index (χ2n) is 16.7. The lowest BCUT2D eigenvalue weighted by Gasteiger charge is -2.42. The Labute approximate surface area is 384 Å². The summed E-state index contributed by atoms with van der Waals surface area (Å²) in [6.45, 7) is 8.10. The van der Waals surface area contributed by atoms with Crippen molar-refractivity contribution in [2.75, 3.05) is 38.6 Å². The van der Waals surface area contributed by atoms with Crippen LogP contribution in [0.4, 0.5) is 13.8 Å². The normalized spacial score (nSPS) is 18.6. The molecule has 0 saturated carbocycles. The topological polar surface area (TPSA) is 190 Å². The molecule has 7 heterocycles. The third kappa shape index (κ3) is 6.44. The molecule has 66 heavy (non-hydrogen) atoms. The monoisotopic (exact) mass is 932 g/mol. The Balaban J connectivity index is 0.846. The number of nitrogen functional groups attached to an aromatic ring is 1. The van der Waals surface area contributed by atoms with Crippen LogP contribution < -0.4 is 20.8 Å². The lowest BCUT2D eigenvalue weighted by molar-refractivity contribution is -0.172. The summed E-state index contributed by atoms with van der Waals surface area (Å²) < 4.78 is 50.1. The van der Waals surface area contributed by atoms with Gasteiger partial charge in [0.1, 0.15) is 41.7 Å². The zero-order valence-corrected chi connectivity index (χ0v) is 37.1. The lowest BCUT2D eigenvalue weighted by atomic mass is 9.86. The van der Waals surface area contributed by atoms with E-state index in [-0.39, 0.29) is 129 Å². The Bertz CT molecular complexity index is 3290. The molecule has 0 radical (unpaired) electrons. The summed E-state index contributed by atoms with van der Waals surface area (Å²) in [5.41, 5.74) is 7.82. The number of nitrogens with two attached hydrogens (primary N) is 1. The molecule has 0 aliphatic carbocycles. The quantitative estimate of drug-likeness (QED) is 0.124. The summed E-state index contributed by atoms with van der Waals surface area (Å²) >= 11 is 7.69. The number of esters is 1. The van der Waals surface area contributed by atoms with Crippen molar-refractivity contribution >= 4 is 66.7 Å². The first-order valence-electron chi connectivity index (χ1n) is 21.3. The van der Waals surface area contributed by atoms with E-state index in [2.05, 4.69) is 6.58 Å². The molecule has 336 valence electrons. The van der Waals surface area contributed by atoms with Gasteiger partial charge in [0, 0.05) is 59.1 Å². The van der Waals surface area contributed by atoms with Crippen LogP contribution in [0.3, 0.4) is 0 Å². The molecule has 3 aromatic carbocycles. The number of fused-ring (bicyclic) bond motifs is 8. The summed E-state index contributed by atoms with van der Waals surface area (Å²) in [5.74, 6) is -2.76. The molecule has 0 bridgehead atoms. The molecule has 1 saturated heterocycles. The van der Waals surface area contributed by atoms with Crippen LogP contribution in [0.15, 0.2) is 59.4 Å². The molecule has 2 unspecified atom stereocenters. The molecular weight excluding hydrogens is 894 g/mol. The fraction of sp³-hybridized carbons (Fsp3) is 0.292. The van der Waals surface area contributed by atoms with E-state index >= 15 is 4.39 Å². The Morgan fingerprint density at radius 1 is 1.11 bits per heavy atom. The van der Waals surface area contributed by atoms with E-state index in [1.807, 2.05) is 19.1 Å². The van der Waals surface area contributed by atoms with E-state index in [0.29, 0.717) is 35.5 Å². The van der Waals surface area contributed by atoms with Gasteiger partial charge in [-0.25, -0.2) is 18.6 Å².